The summed E-state index contributed by atoms with van der Waals surface area (Å²) in [4.78, 5) is 7.36. The molecule has 0 saturated carbocycles. The van der Waals surface area contributed by atoms with Crippen LogP contribution in [-0.2, 0) is 10.2 Å². The fourth-order valence-electron chi connectivity index (χ4n) is 2.35. The van der Waals surface area contributed by atoms with E-state index >= 15 is 0 Å². The highest BCUT2D eigenvalue weighted by atomic mass is 32.2. The van der Waals surface area contributed by atoms with Gasteiger partial charge >= 0.3 is 0 Å². The monoisotopic (exact) mass is 278 g/mol. The Morgan fingerprint density at radius 3 is 2.95 bits per heavy atom. The van der Waals surface area contributed by atoms with Crippen molar-refractivity contribution in [1.82, 2.24) is 14.3 Å². The maximum absolute atomic E-state index is 11.3. The molecule has 0 amide bonds. The number of nitrogens with one attached hydrogen (secondary N) is 1. The lowest BCUT2D eigenvalue weighted by Gasteiger charge is -2.23. The molecule has 7 heteroatoms. The Morgan fingerprint density at radius 2 is 2.26 bits per heavy atom. The summed E-state index contributed by atoms with van der Waals surface area (Å²) in [5, 5.41) is 6.17. The highest BCUT2D eigenvalue weighted by Crippen LogP contribution is 2.28. The molecular weight excluding hydrogens is 264 g/mol. The summed E-state index contributed by atoms with van der Waals surface area (Å²) in [6, 6.07) is 3.89. The molecule has 3 rings (SSSR count). The molecule has 0 unspecified atom stereocenters. The fraction of sp³-hybridized carbons (Fsp3) is 0.250. The highest BCUT2D eigenvalue weighted by Gasteiger charge is 2.21. The zero-order valence-electron chi connectivity index (χ0n) is 10.2. The van der Waals surface area contributed by atoms with Gasteiger partial charge in [-0.15, -0.1) is 0 Å². The molecule has 0 aliphatic carbocycles. The van der Waals surface area contributed by atoms with Crippen LogP contribution < -0.4 is 5.14 Å². The number of hydrogen-bond acceptors (Lipinski definition) is 3. The molecule has 0 radical (unpaired) electrons. The molecule has 0 spiro atoms. The zero-order valence-corrected chi connectivity index (χ0v) is 11.0. The fourth-order valence-corrected chi connectivity index (χ4v) is 2.98. The van der Waals surface area contributed by atoms with E-state index in [4.69, 9.17) is 5.14 Å². The molecule has 0 aromatic carbocycles. The molecule has 0 saturated heterocycles. The van der Waals surface area contributed by atoms with Crippen LogP contribution in [0.25, 0.3) is 16.6 Å². The van der Waals surface area contributed by atoms with Gasteiger partial charge in [-0.2, -0.15) is 12.7 Å². The Kier molecular flexibility index (Phi) is 2.89. The lowest BCUT2D eigenvalue weighted by molar-refractivity contribution is 0.442. The van der Waals surface area contributed by atoms with Gasteiger partial charge in [-0.05, 0) is 24.1 Å². The van der Waals surface area contributed by atoms with Crippen molar-refractivity contribution in [2.24, 2.45) is 5.14 Å². The van der Waals surface area contributed by atoms with Crippen LogP contribution in [0, 0.1) is 0 Å². The first kappa shape index (κ1) is 12.3. The average Bonchev–Trinajstić information content (AvgIpc) is 2.82. The largest absolute Gasteiger partial charge is 0.346 e. The first-order chi connectivity index (χ1) is 9.05. The standard InChI is InChI=1S/C12H14N4O2S/c13-19(17,18)16-6-3-9(4-7-16)11-8-15-12-10(11)2-1-5-14-12/h1-3,5,8H,4,6-7H2,(H,14,15)(H2,13,17,18). The third-order valence-electron chi connectivity index (χ3n) is 3.33. The summed E-state index contributed by atoms with van der Waals surface area (Å²) < 4.78 is 23.8. The van der Waals surface area contributed by atoms with Gasteiger partial charge in [0.15, 0.2) is 0 Å². The molecule has 3 N–H and O–H groups in total. The van der Waals surface area contributed by atoms with Gasteiger partial charge in [-0.25, -0.2) is 10.1 Å². The van der Waals surface area contributed by atoms with Crippen LogP contribution in [0.5, 0.6) is 0 Å². The minimum atomic E-state index is -3.59. The summed E-state index contributed by atoms with van der Waals surface area (Å²) in [7, 11) is -3.59. The van der Waals surface area contributed by atoms with Crippen molar-refractivity contribution in [1.29, 1.82) is 0 Å². The van der Waals surface area contributed by atoms with Gasteiger partial charge in [0.05, 0.1) is 0 Å². The quantitative estimate of drug-likeness (QED) is 0.853. The molecule has 1 aliphatic heterocycles. The number of nitrogens with zero attached hydrogens (tertiary/aromatic N) is 2. The minimum absolute atomic E-state index is 0.321. The van der Waals surface area contributed by atoms with Crippen molar-refractivity contribution in [3.05, 3.63) is 36.2 Å². The predicted molar refractivity (Wildman–Crippen MR) is 73.4 cm³/mol. The molecule has 100 valence electrons. The van der Waals surface area contributed by atoms with Crippen LogP contribution in [-0.4, -0.2) is 35.8 Å². The lowest BCUT2D eigenvalue weighted by Crippen LogP contribution is -2.39. The summed E-state index contributed by atoms with van der Waals surface area (Å²) >= 11 is 0. The van der Waals surface area contributed by atoms with Crippen LogP contribution in [0.1, 0.15) is 12.0 Å². The minimum Gasteiger partial charge on any atom is -0.346 e. The molecule has 1 aliphatic rings. The Bertz CT molecular complexity index is 748. The number of fused-ring (bicyclic) bond motifs is 1. The topological polar surface area (TPSA) is 92.1 Å². The van der Waals surface area contributed by atoms with Crippen molar-refractivity contribution < 1.29 is 8.42 Å². The zero-order chi connectivity index (χ0) is 13.5. The van der Waals surface area contributed by atoms with E-state index in [0.29, 0.717) is 19.5 Å². The van der Waals surface area contributed by atoms with Crippen LogP contribution in [0.2, 0.25) is 0 Å². The number of hydrogen-bond donors (Lipinski definition) is 2. The number of aromatic amines is 1. The van der Waals surface area contributed by atoms with E-state index in [-0.39, 0.29) is 0 Å². The maximum Gasteiger partial charge on any atom is 0.277 e. The molecule has 6 nitrogen and oxygen atoms in total. The molecular formula is C12H14N4O2S. The average molecular weight is 278 g/mol. The number of nitrogens with two attached hydrogens (primary N) is 1. The second-order valence-corrected chi connectivity index (χ2v) is 6.03. The molecule has 0 fully saturated rings. The second kappa shape index (κ2) is 4.44. The SMILES string of the molecule is NS(=O)(=O)N1CC=C(c2c[nH]c3ncccc23)CC1. The van der Waals surface area contributed by atoms with Gasteiger partial charge < -0.3 is 4.98 Å². The van der Waals surface area contributed by atoms with Gasteiger partial charge in [0.1, 0.15) is 5.65 Å². The van der Waals surface area contributed by atoms with Gasteiger partial charge in [0.2, 0.25) is 0 Å². The third kappa shape index (κ3) is 2.27. The summed E-state index contributed by atoms with van der Waals surface area (Å²) in [5.41, 5.74) is 3.04. The first-order valence-corrected chi connectivity index (χ1v) is 7.45. The number of pyridine rings is 1. The molecule has 0 bridgehead atoms. The van der Waals surface area contributed by atoms with Crippen LogP contribution >= 0.6 is 0 Å². The van der Waals surface area contributed by atoms with E-state index in [1.807, 2.05) is 24.4 Å². The Balaban J connectivity index is 1.94. The van der Waals surface area contributed by atoms with Crippen molar-refractivity contribution in [2.45, 2.75) is 6.42 Å². The van der Waals surface area contributed by atoms with E-state index in [9.17, 15) is 8.42 Å². The van der Waals surface area contributed by atoms with Gasteiger partial charge in [0, 0.05) is 36.4 Å². The molecule has 3 heterocycles. The number of aromatic nitrogens is 2. The van der Waals surface area contributed by atoms with E-state index in [0.717, 1.165) is 22.2 Å². The number of rotatable bonds is 2. The van der Waals surface area contributed by atoms with Crippen LogP contribution in [0.15, 0.2) is 30.6 Å². The van der Waals surface area contributed by atoms with E-state index in [1.165, 1.54) is 4.31 Å². The molecule has 2 aromatic rings. The predicted octanol–water partition coefficient (Wildman–Crippen LogP) is 0.855. The van der Waals surface area contributed by atoms with E-state index in [1.54, 1.807) is 6.20 Å². The molecule has 0 atom stereocenters. The Morgan fingerprint density at radius 1 is 1.42 bits per heavy atom. The van der Waals surface area contributed by atoms with Gasteiger partial charge in [-0.1, -0.05) is 6.08 Å². The smallest absolute Gasteiger partial charge is 0.277 e. The lowest BCUT2D eigenvalue weighted by atomic mass is 10.0. The van der Waals surface area contributed by atoms with E-state index in [2.05, 4.69) is 9.97 Å². The summed E-state index contributed by atoms with van der Waals surface area (Å²) in [6.07, 6.45) is 6.21. The Labute approximate surface area is 111 Å². The van der Waals surface area contributed by atoms with Gasteiger partial charge in [-0.3, -0.25) is 0 Å². The molecule has 19 heavy (non-hydrogen) atoms. The summed E-state index contributed by atoms with van der Waals surface area (Å²) in [6.45, 7) is 0.735. The first-order valence-electron chi connectivity index (χ1n) is 5.95. The highest BCUT2D eigenvalue weighted by molar-refractivity contribution is 7.86. The second-order valence-electron chi connectivity index (χ2n) is 4.48. The molecule has 2 aromatic heterocycles. The van der Waals surface area contributed by atoms with Crippen LogP contribution in [0.3, 0.4) is 0 Å². The van der Waals surface area contributed by atoms with Crippen molar-refractivity contribution >= 4 is 26.8 Å². The van der Waals surface area contributed by atoms with E-state index < -0.39 is 10.2 Å². The maximum atomic E-state index is 11.3. The third-order valence-corrected chi connectivity index (χ3v) is 4.38. The van der Waals surface area contributed by atoms with Crippen LogP contribution in [0.4, 0.5) is 0 Å². The van der Waals surface area contributed by atoms with Crippen molar-refractivity contribution in [3.8, 4) is 0 Å². The van der Waals surface area contributed by atoms with Crippen molar-refractivity contribution in [2.75, 3.05) is 13.1 Å². The Hall–Kier alpha value is -1.70. The summed E-state index contributed by atoms with van der Waals surface area (Å²) in [5.74, 6) is 0. The normalized spacial score (nSPS) is 17.6. The van der Waals surface area contributed by atoms with Crippen molar-refractivity contribution in [3.63, 3.8) is 0 Å². The number of H-pyrrole nitrogens is 1. The van der Waals surface area contributed by atoms with Gasteiger partial charge in [0.25, 0.3) is 10.2 Å².